The van der Waals surface area contributed by atoms with E-state index in [1.165, 1.54) is 16.7 Å². The lowest BCUT2D eigenvalue weighted by Crippen LogP contribution is -2.54. The Morgan fingerprint density at radius 3 is 2.32 bits per heavy atom. The van der Waals surface area contributed by atoms with Gasteiger partial charge in [0.05, 0.1) is 5.75 Å². The maximum absolute atomic E-state index is 13.2. The first kappa shape index (κ1) is 25.0. The summed E-state index contributed by atoms with van der Waals surface area (Å²) in [7, 11) is 0. The molecule has 1 unspecified atom stereocenters. The van der Waals surface area contributed by atoms with Crippen LogP contribution in [0.4, 0.5) is 0 Å². The number of thioether (sulfide) groups is 1. The molecule has 168 valence electrons. The Balaban J connectivity index is 2.08. The van der Waals surface area contributed by atoms with Gasteiger partial charge in [0.15, 0.2) is 0 Å². The van der Waals surface area contributed by atoms with Gasteiger partial charge in [-0.1, -0.05) is 67.1 Å². The van der Waals surface area contributed by atoms with Crippen LogP contribution in [0.2, 0.25) is 0 Å². The predicted octanol–water partition coefficient (Wildman–Crippen LogP) is 4.99. The first-order valence-corrected chi connectivity index (χ1v) is 12.1. The molecule has 0 saturated heterocycles. The number of hydrogen-bond donors (Lipinski definition) is 1. The molecule has 0 fully saturated rings. The summed E-state index contributed by atoms with van der Waals surface area (Å²) in [4.78, 5) is 28.0. The van der Waals surface area contributed by atoms with E-state index in [1.807, 2.05) is 52.0 Å². The van der Waals surface area contributed by atoms with Crippen molar-refractivity contribution in [2.24, 2.45) is 0 Å². The number of rotatable bonds is 10. The Bertz CT molecular complexity index is 846. The third kappa shape index (κ3) is 8.78. The van der Waals surface area contributed by atoms with Crippen molar-refractivity contribution in [1.29, 1.82) is 0 Å². The summed E-state index contributed by atoms with van der Waals surface area (Å²) in [5.41, 5.74) is 3.27. The third-order valence-corrected chi connectivity index (χ3v) is 5.93. The molecule has 0 bridgehead atoms. The molecule has 2 rings (SSSR count). The fraction of sp³-hybridized carbons (Fsp3) is 0.462. The Hall–Kier alpha value is -2.27. The number of hydrogen-bond acceptors (Lipinski definition) is 3. The van der Waals surface area contributed by atoms with E-state index < -0.39 is 6.04 Å². The minimum Gasteiger partial charge on any atom is -0.350 e. The van der Waals surface area contributed by atoms with Crippen molar-refractivity contribution in [3.63, 3.8) is 0 Å². The van der Waals surface area contributed by atoms with Gasteiger partial charge in [0.2, 0.25) is 11.8 Å². The molecule has 1 N–H and O–H groups in total. The van der Waals surface area contributed by atoms with Gasteiger partial charge in [0, 0.05) is 17.8 Å². The van der Waals surface area contributed by atoms with E-state index in [0.717, 1.165) is 12.2 Å². The fourth-order valence-corrected chi connectivity index (χ4v) is 4.35. The van der Waals surface area contributed by atoms with Crippen LogP contribution in [0.1, 0.15) is 50.8 Å². The largest absolute Gasteiger partial charge is 0.350 e. The smallest absolute Gasteiger partial charge is 0.243 e. The van der Waals surface area contributed by atoms with Gasteiger partial charge in [0.25, 0.3) is 0 Å². The summed E-state index contributed by atoms with van der Waals surface area (Å²) in [5.74, 6) is 1.08. The molecule has 0 aromatic heterocycles. The van der Waals surface area contributed by atoms with Crippen LogP contribution < -0.4 is 5.32 Å². The van der Waals surface area contributed by atoms with Crippen molar-refractivity contribution < 1.29 is 9.59 Å². The summed E-state index contributed by atoms with van der Waals surface area (Å²) in [6, 6.07) is 18.0. The molecular weight excluding hydrogens is 404 g/mol. The molecule has 0 spiro atoms. The molecule has 2 amide bonds. The van der Waals surface area contributed by atoms with Crippen LogP contribution in [-0.2, 0) is 21.8 Å². The molecule has 4 nitrogen and oxygen atoms in total. The van der Waals surface area contributed by atoms with Crippen LogP contribution >= 0.6 is 11.8 Å². The molecule has 0 aliphatic carbocycles. The van der Waals surface area contributed by atoms with Gasteiger partial charge in [-0.15, -0.1) is 11.8 Å². The lowest BCUT2D eigenvalue weighted by Gasteiger charge is -2.33. The van der Waals surface area contributed by atoms with Gasteiger partial charge < -0.3 is 10.2 Å². The molecule has 5 heteroatoms. The van der Waals surface area contributed by atoms with E-state index >= 15 is 0 Å². The average Bonchev–Trinajstić information content (AvgIpc) is 2.70. The van der Waals surface area contributed by atoms with Gasteiger partial charge in [-0.25, -0.2) is 0 Å². The topological polar surface area (TPSA) is 49.4 Å². The minimum absolute atomic E-state index is 0.0180. The number of carbonyl (C=O) groups excluding carboxylic acids is 2. The Morgan fingerprint density at radius 1 is 1.03 bits per heavy atom. The van der Waals surface area contributed by atoms with Crippen LogP contribution in [0.5, 0.6) is 0 Å². The molecule has 0 aliphatic rings. The maximum atomic E-state index is 13.2. The minimum atomic E-state index is -0.463. The van der Waals surface area contributed by atoms with Crippen molar-refractivity contribution in [3.8, 4) is 0 Å². The number of amides is 2. The van der Waals surface area contributed by atoms with Crippen molar-refractivity contribution >= 4 is 23.6 Å². The zero-order chi connectivity index (χ0) is 22.9. The molecule has 0 saturated carbocycles. The second kappa shape index (κ2) is 11.9. The summed E-state index contributed by atoms with van der Waals surface area (Å²) >= 11 is 1.60. The van der Waals surface area contributed by atoms with Crippen molar-refractivity contribution in [1.82, 2.24) is 10.2 Å². The van der Waals surface area contributed by atoms with E-state index in [1.54, 1.807) is 16.7 Å². The van der Waals surface area contributed by atoms with Crippen LogP contribution in [0.25, 0.3) is 0 Å². The summed E-state index contributed by atoms with van der Waals surface area (Å²) < 4.78 is 0. The summed E-state index contributed by atoms with van der Waals surface area (Å²) in [5, 5.41) is 3.05. The summed E-state index contributed by atoms with van der Waals surface area (Å²) in [6.45, 7) is 10.5. The highest BCUT2D eigenvalue weighted by atomic mass is 32.2. The van der Waals surface area contributed by atoms with E-state index in [4.69, 9.17) is 0 Å². The Kier molecular flexibility index (Phi) is 9.63. The van der Waals surface area contributed by atoms with Crippen molar-refractivity contribution in [3.05, 3.63) is 71.3 Å². The normalized spacial score (nSPS) is 12.3. The highest BCUT2D eigenvalue weighted by Crippen LogP contribution is 2.17. The van der Waals surface area contributed by atoms with Gasteiger partial charge in [0.1, 0.15) is 6.04 Å². The van der Waals surface area contributed by atoms with Gasteiger partial charge in [-0.3, -0.25) is 9.59 Å². The lowest BCUT2D eigenvalue weighted by molar-refractivity contribution is -0.139. The lowest BCUT2D eigenvalue weighted by atomic mass is 10.1. The maximum Gasteiger partial charge on any atom is 0.243 e. The van der Waals surface area contributed by atoms with Gasteiger partial charge >= 0.3 is 0 Å². The van der Waals surface area contributed by atoms with Crippen LogP contribution in [-0.4, -0.2) is 40.6 Å². The molecule has 2 aromatic carbocycles. The number of nitrogens with one attached hydrogen (secondary N) is 1. The Morgan fingerprint density at radius 2 is 1.71 bits per heavy atom. The second-order valence-corrected chi connectivity index (χ2v) is 9.95. The summed E-state index contributed by atoms with van der Waals surface area (Å²) in [6.07, 6.45) is 1.32. The molecule has 0 heterocycles. The van der Waals surface area contributed by atoms with Gasteiger partial charge in [-0.05, 0) is 51.7 Å². The van der Waals surface area contributed by atoms with Crippen molar-refractivity contribution in [2.45, 2.75) is 64.8 Å². The fourth-order valence-electron chi connectivity index (χ4n) is 3.49. The monoisotopic (exact) mass is 440 g/mol. The van der Waals surface area contributed by atoms with Crippen LogP contribution in [0.15, 0.2) is 54.6 Å². The average molecular weight is 441 g/mol. The quantitative estimate of drug-likeness (QED) is 0.566. The van der Waals surface area contributed by atoms with Gasteiger partial charge in [-0.2, -0.15) is 0 Å². The molecule has 0 radical (unpaired) electrons. The first-order valence-electron chi connectivity index (χ1n) is 11.0. The SMILES string of the molecule is CCC(C(=O)NC(C)(C)C)N(CCc1ccccc1)C(=O)CSCc1cccc(C)c1. The number of carbonyl (C=O) groups is 2. The number of benzene rings is 2. The highest BCUT2D eigenvalue weighted by molar-refractivity contribution is 7.99. The Labute approximate surface area is 191 Å². The molecule has 31 heavy (non-hydrogen) atoms. The zero-order valence-corrected chi connectivity index (χ0v) is 20.3. The van der Waals surface area contributed by atoms with E-state index in [2.05, 4.69) is 42.6 Å². The first-order chi connectivity index (χ1) is 14.7. The van der Waals surface area contributed by atoms with E-state index in [0.29, 0.717) is 18.7 Å². The highest BCUT2D eigenvalue weighted by Gasteiger charge is 2.30. The van der Waals surface area contributed by atoms with E-state index in [-0.39, 0.29) is 17.4 Å². The van der Waals surface area contributed by atoms with Crippen molar-refractivity contribution in [2.75, 3.05) is 12.3 Å². The van der Waals surface area contributed by atoms with Crippen LogP contribution in [0, 0.1) is 6.92 Å². The molecule has 0 aliphatic heterocycles. The number of nitrogens with zero attached hydrogens (tertiary/aromatic N) is 1. The van der Waals surface area contributed by atoms with E-state index in [9.17, 15) is 9.59 Å². The zero-order valence-electron chi connectivity index (χ0n) is 19.5. The second-order valence-electron chi connectivity index (χ2n) is 8.97. The number of aryl methyl sites for hydroxylation is 1. The molecule has 2 aromatic rings. The molecule has 1 atom stereocenters. The third-order valence-electron chi connectivity index (χ3n) is 4.95. The van der Waals surface area contributed by atoms with Crippen LogP contribution in [0.3, 0.4) is 0 Å². The standard InChI is InChI=1S/C26H36N2O2S/c1-6-23(25(30)27-26(3,4)5)28(16-15-21-12-8-7-9-13-21)24(29)19-31-18-22-14-10-11-20(2)17-22/h7-14,17,23H,6,15-16,18-19H2,1-5H3,(H,27,30). The predicted molar refractivity (Wildman–Crippen MR) is 131 cm³/mol. The molecular formula is C26H36N2O2S.